The summed E-state index contributed by atoms with van der Waals surface area (Å²) in [6, 6.07) is 6.57. The third-order valence-corrected chi connectivity index (χ3v) is 6.05. The molecule has 0 bridgehead atoms. The minimum atomic E-state index is -3.37. The Hall–Kier alpha value is -1.61. The monoisotopic (exact) mass is 444 g/mol. The summed E-state index contributed by atoms with van der Waals surface area (Å²) in [7, 11) is -3.37. The molecule has 0 aliphatic heterocycles. The standard InChI is InChI=1S/C17H25BrN4O3S/c1-2-19-17(21-10-9-20-16(23)13-3-4-13)22-11-12-26(24,25)15-7-5-14(18)6-8-15/h5-8,13H,2-4,9-12H2,1H3,(H,20,23)(H2,19,21,22). The summed E-state index contributed by atoms with van der Waals surface area (Å²) in [5.41, 5.74) is 0. The van der Waals surface area contributed by atoms with Crippen molar-refractivity contribution in [3.63, 3.8) is 0 Å². The van der Waals surface area contributed by atoms with Crippen molar-refractivity contribution in [2.75, 3.05) is 31.9 Å². The first-order valence-electron chi connectivity index (χ1n) is 8.70. The van der Waals surface area contributed by atoms with E-state index in [-0.39, 0.29) is 29.0 Å². The molecule has 1 aromatic rings. The van der Waals surface area contributed by atoms with E-state index in [0.29, 0.717) is 25.6 Å². The Balaban J connectivity index is 1.79. The fraction of sp³-hybridized carbons (Fsp3) is 0.529. The molecule has 1 aromatic carbocycles. The van der Waals surface area contributed by atoms with Crippen LogP contribution in [0.1, 0.15) is 19.8 Å². The smallest absolute Gasteiger partial charge is 0.223 e. The summed E-state index contributed by atoms with van der Waals surface area (Å²) in [5, 5.41) is 9.02. The molecule has 2 rings (SSSR count). The number of carbonyl (C=O) groups is 1. The molecule has 0 radical (unpaired) electrons. The van der Waals surface area contributed by atoms with Gasteiger partial charge in [-0.15, -0.1) is 0 Å². The minimum absolute atomic E-state index is 0.0659. The highest BCUT2D eigenvalue weighted by Crippen LogP contribution is 2.28. The van der Waals surface area contributed by atoms with Gasteiger partial charge in [-0.05, 0) is 44.0 Å². The van der Waals surface area contributed by atoms with Crippen LogP contribution in [-0.4, -0.2) is 52.2 Å². The highest BCUT2D eigenvalue weighted by molar-refractivity contribution is 9.10. The molecule has 26 heavy (non-hydrogen) atoms. The molecular formula is C17H25BrN4O3S. The molecule has 0 aromatic heterocycles. The number of halogens is 1. The van der Waals surface area contributed by atoms with E-state index in [1.54, 1.807) is 24.3 Å². The average Bonchev–Trinajstić information content (AvgIpc) is 3.44. The largest absolute Gasteiger partial charge is 0.357 e. The Kier molecular flexibility index (Phi) is 7.89. The lowest BCUT2D eigenvalue weighted by atomic mass is 10.4. The van der Waals surface area contributed by atoms with E-state index in [1.807, 2.05) is 6.92 Å². The lowest BCUT2D eigenvalue weighted by molar-refractivity contribution is -0.122. The first-order valence-corrected chi connectivity index (χ1v) is 11.1. The van der Waals surface area contributed by atoms with Crippen LogP contribution in [0.25, 0.3) is 0 Å². The van der Waals surface area contributed by atoms with Gasteiger partial charge in [-0.2, -0.15) is 0 Å². The number of hydrogen-bond donors (Lipinski definition) is 3. The molecule has 1 amide bonds. The van der Waals surface area contributed by atoms with Gasteiger partial charge in [-0.3, -0.25) is 9.79 Å². The van der Waals surface area contributed by atoms with E-state index in [9.17, 15) is 13.2 Å². The third kappa shape index (κ3) is 6.95. The summed E-state index contributed by atoms with van der Waals surface area (Å²) in [6.45, 7) is 3.80. The summed E-state index contributed by atoms with van der Waals surface area (Å²) in [6.07, 6.45) is 1.96. The van der Waals surface area contributed by atoms with E-state index in [2.05, 4.69) is 36.9 Å². The molecule has 3 N–H and O–H groups in total. The summed E-state index contributed by atoms with van der Waals surface area (Å²) in [5.74, 6) is 0.776. The van der Waals surface area contributed by atoms with Gasteiger partial charge in [-0.25, -0.2) is 8.42 Å². The molecule has 0 atom stereocenters. The topological polar surface area (TPSA) is 99.7 Å². The number of carbonyl (C=O) groups excluding carboxylic acids is 1. The van der Waals surface area contributed by atoms with Gasteiger partial charge >= 0.3 is 0 Å². The molecular weight excluding hydrogens is 420 g/mol. The maximum absolute atomic E-state index is 12.3. The van der Waals surface area contributed by atoms with Crippen molar-refractivity contribution >= 4 is 37.6 Å². The Bertz CT molecular complexity index is 731. The molecule has 1 aliphatic rings. The van der Waals surface area contributed by atoms with Crippen LogP contribution in [0.15, 0.2) is 38.6 Å². The Labute approximate surface area is 163 Å². The summed E-state index contributed by atoms with van der Waals surface area (Å²) >= 11 is 3.29. The molecule has 1 aliphatic carbocycles. The van der Waals surface area contributed by atoms with E-state index in [1.165, 1.54) is 0 Å². The van der Waals surface area contributed by atoms with Gasteiger partial charge in [0.25, 0.3) is 0 Å². The summed E-state index contributed by atoms with van der Waals surface area (Å²) < 4.78 is 25.5. The second-order valence-electron chi connectivity index (χ2n) is 6.03. The number of guanidine groups is 1. The maximum atomic E-state index is 12.3. The molecule has 1 fully saturated rings. The molecule has 0 saturated heterocycles. The Morgan fingerprint density at radius 2 is 1.81 bits per heavy atom. The van der Waals surface area contributed by atoms with Gasteiger partial charge in [-0.1, -0.05) is 15.9 Å². The number of aliphatic imine (C=N–C) groups is 1. The molecule has 1 saturated carbocycles. The highest BCUT2D eigenvalue weighted by atomic mass is 79.9. The highest BCUT2D eigenvalue weighted by Gasteiger charge is 2.28. The molecule has 7 nitrogen and oxygen atoms in total. The number of sulfone groups is 1. The zero-order valence-corrected chi connectivity index (χ0v) is 17.2. The van der Waals surface area contributed by atoms with E-state index in [0.717, 1.165) is 17.3 Å². The lowest BCUT2D eigenvalue weighted by Gasteiger charge is -2.12. The lowest BCUT2D eigenvalue weighted by Crippen LogP contribution is -2.42. The van der Waals surface area contributed by atoms with Crippen LogP contribution >= 0.6 is 15.9 Å². The van der Waals surface area contributed by atoms with Crippen molar-refractivity contribution in [3.8, 4) is 0 Å². The van der Waals surface area contributed by atoms with Crippen molar-refractivity contribution in [2.24, 2.45) is 10.9 Å². The van der Waals surface area contributed by atoms with Gasteiger partial charge in [0.1, 0.15) is 0 Å². The van der Waals surface area contributed by atoms with Gasteiger partial charge < -0.3 is 16.0 Å². The fourth-order valence-electron chi connectivity index (χ4n) is 2.24. The Morgan fingerprint density at radius 1 is 1.15 bits per heavy atom. The van der Waals surface area contributed by atoms with Gasteiger partial charge in [0, 0.05) is 30.0 Å². The second kappa shape index (κ2) is 9.91. The normalized spacial score (nSPS) is 14.8. The molecule has 144 valence electrons. The Morgan fingerprint density at radius 3 is 2.42 bits per heavy atom. The van der Waals surface area contributed by atoms with Crippen molar-refractivity contribution < 1.29 is 13.2 Å². The first kappa shape index (κ1) is 20.7. The van der Waals surface area contributed by atoms with Crippen LogP contribution in [0.3, 0.4) is 0 Å². The minimum Gasteiger partial charge on any atom is -0.357 e. The van der Waals surface area contributed by atoms with E-state index in [4.69, 9.17) is 0 Å². The first-order chi connectivity index (χ1) is 12.4. The average molecular weight is 445 g/mol. The molecule has 0 spiro atoms. The fourth-order valence-corrected chi connectivity index (χ4v) is 3.62. The van der Waals surface area contributed by atoms with Crippen LogP contribution in [0, 0.1) is 5.92 Å². The number of hydrogen-bond acceptors (Lipinski definition) is 4. The van der Waals surface area contributed by atoms with Gasteiger partial charge in [0.05, 0.1) is 17.2 Å². The number of nitrogens with zero attached hydrogens (tertiary/aromatic N) is 1. The third-order valence-electron chi connectivity index (χ3n) is 3.81. The van der Waals surface area contributed by atoms with E-state index >= 15 is 0 Å². The second-order valence-corrected chi connectivity index (χ2v) is 9.05. The van der Waals surface area contributed by atoms with Crippen LogP contribution < -0.4 is 16.0 Å². The van der Waals surface area contributed by atoms with E-state index < -0.39 is 9.84 Å². The molecule has 9 heteroatoms. The maximum Gasteiger partial charge on any atom is 0.223 e. The van der Waals surface area contributed by atoms with Crippen LogP contribution in [0.5, 0.6) is 0 Å². The van der Waals surface area contributed by atoms with Crippen molar-refractivity contribution in [1.82, 2.24) is 16.0 Å². The molecule has 0 heterocycles. The van der Waals surface area contributed by atoms with Gasteiger partial charge in [0.15, 0.2) is 15.8 Å². The quantitative estimate of drug-likeness (QED) is 0.302. The zero-order chi connectivity index (χ0) is 19.0. The zero-order valence-electron chi connectivity index (χ0n) is 14.8. The predicted molar refractivity (Wildman–Crippen MR) is 106 cm³/mol. The molecule has 0 unspecified atom stereocenters. The predicted octanol–water partition coefficient (Wildman–Crippen LogP) is 1.30. The van der Waals surface area contributed by atoms with Gasteiger partial charge in [0.2, 0.25) is 5.91 Å². The number of rotatable bonds is 9. The van der Waals surface area contributed by atoms with Crippen LogP contribution in [-0.2, 0) is 14.6 Å². The van der Waals surface area contributed by atoms with Crippen molar-refractivity contribution in [3.05, 3.63) is 28.7 Å². The number of nitrogens with one attached hydrogen (secondary N) is 3. The number of benzene rings is 1. The van der Waals surface area contributed by atoms with Crippen molar-refractivity contribution in [1.29, 1.82) is 0 Å². The van der Waals surface area contributed by atoms with Crippen molar-refractivity contribution in [2.45, 2.75) is 24.7 Å². The summed E-state index contributed by atoms with van der Waals surface area (Å²) in [4.78, 5) is 16.1. The number of amides is 1. The SMILES string of the molecule is CCNC(=NCCS(=O)(=O)c1ccc(Br)cc1)NCCNC(=O)C1CC1. The van der Waals surface area contributed by atoms with Crippen LogP contribution in [0.2, 0.25) is 0 Å². The van der Waals surface area contributed by atoms with Crippen LogP contribution in [0.4, 0.5) is 0 Å².